The Morgan fingerprint density at radius 3 is 2.40 bits per heavy atom. The van der Waals surface area contributed by atoms with E-state index in [9.17, 15) is 18.0 Å². The van der Waals surface area contributed by atoms with Crippen molar-refractivity contribution in [3.63, 3.8) is 0 Å². The lowest BCUT2D eigenvalue weighted by Gasteiger charge is -2.05. The molecule has 1 amide bonds. The second-order valence-electron chi connectivity index (χ2n) is 5.64. The molecule has 3 aromatic rings. The number of aromatic nitrogens is 3. The summed E-state index contributed by atoms with van der Waals surface area (Å²) in [4.78, 5) is 35.7. The number of benzene rings is 1. The zero-order chi connectivity index (χ0) is 22.3. The summed E-state index contributed by atoms with van der Waals surface area (Å²) in [5, 5.41) is 18.5. The first kappa shape index (κ1) is 22.1. The van der Waals surface area contributed by atoms with Crippen LogP contribution < -0.4 is 10.3 Å². The number of hydrogen-bond donors (Lipinski definition) is 3. The Balaban J connectivity index is 0.00000101. The van der Waals surface area contributed by atoms with Gasteiger partial charge in [-0.25, -0.2) is 22.8 Å². The van der Waals surface area contributed by atoms with Crippen molar-refractivity contribution in [1.29, 1.82) is 5.26 Å². The third-order valence-corrected chi connectivity index (χ3v) is 5.05. The summed E-state index contributed by atoms with van der Waals surface area (Å²) in [7, 11) is -4.00. The van der Waals surface area contributed by atoms with Crippen LogP contribution in [0.25, 0.3) is 16.9 Å². The van der Waals surface area contributed by atoms with Crippen LogP contribution in [0.3, 0.4) is 0 Å². The Kier molecular flexibility index (Phi) is 6.84. The van der Waals surface area contributed by atoms with Gasteiger partial charge in [0.25, 0.3) is 22.1 Å². The molecule has 0 bridgehead atoms. The molecule has 30 heavy (non-hydrogen) atoms. The minimum atomic E-state index is -4.00. The van der Waals surface area contributed by atoms with Crippen LogP contribution in [-0.2, 0) is 19.6 Å². The molecule has 0 aliphatic rings. The van der Waals surface area contributed by atoms with E-state index in [1.165, 1.54) is 18.3 Å². The Labute approximate surface area is 170 Å². The van der Waals surface area contributed by atoms with Gasteiger partial charge in [-0.05, 0) is 29.8 Å². The fourth-order valence-electron chi connectivity index (χ4n) is 2.38. The molecule has 2 heterocycles. The van der Waals surface area contributed by atoms with Crippen LogP contribution in [0.1, 0.15) is 12.5 Å². The Morgan fingerprint density at radius 2 is 1.90 bits per heavy atom. The van der Waals surface area contributed by atoms with Crippen LogP contribution in [0.4, 0.5) is 0 Å². The van der Waals surface area contributed by atoms with Gasteiger partial charge < -0.3 is 5.11 Å². The maximum absolute atomic E-state index is 12.6. The standard InChI is InChI=1S/C17H13N5O4S.CH2O2/c1-11(23)21-27(25,26)14-6-7-16(19-9-14)22-17(24)15(10-20-22)13-4-2-12(8-18)3-5-13;2-1-3/h2-7,9-10,20H,1H3,(H,21,23);1H,(H,2,3). The van der Waals surface area contributed by atoms with Gasteiger partial charge in [0.1, 0.15) is 4.90 Å². The predicted molar refractivity (Wildman–Crippen MR) is 104 cm³/mol. The first-order valence-corrected chi connectivity index (χ1v) is 9.60. The number of carboxylic acid groups (broad SMARTS) is 1. The van der Waals surface area contributed by atoms with Crippen molar-refractivity contribution >= 4 is 22.4 Å². The molecule has 154 valence electrons. The molecule has 12 heteroatoms. The van der Waals surface area contributed by atoms with E-state index in [1.807, 2.05) is 10.8 Å². The monoisotopic (exact) mass is 429 g/mol. The van der Waals surface area contributed by atoms with Gasteiger partial charge in [0.05, 0.1) is 17.2 Å². The second kappa shape index (κ2) is 9.30. The summed E-state index contributed by atoms with van der Waals surface area (Å²) in [5.74, 6) is -0.534. The zero-order valence-corrected chi connectivity index (χ0v) is 16.3. The van der Waals surface area contributed by atoms with E-state index in [0.717, 1.165) is 17.8 Å². The van der Waals surface area contributed by atoms with Crippen molar-refractivity contribution in [1.82, 2.24) is 19.5 Å². The molecule has 1 aromatic carbocycles. The van der Waals surface area contributed by atoms with Crippen molar-refractivity contribution in [3.8, 4) is 23.0 Å². The summed E-state index contributed by atoms with van der Waals surface area (Å²) in [5.41, 5.74) is 1.09. The number of amides is 1. The van der Waals surface area contributed by atoms with E-state index >= 15 is 0 Å². The maximum Gasteiger partial charge on any atom is 0.290 e. The highest BCUT2D eigenvalue weighted by molar-refractivity contribution is 7.90. The van der Waals surface area contributed by atoms with Crippen molar-refractivity contribution in [3.05, 3.63) is 64.7 Å². The SMILES string of the molecule is CC(=O)NS(=O)(=O)c1ccc(-n2[nH]cc(-c3ccc(C#N)cc3)c2=O)nc1.O=CO. The molecule has 0 saturated heterocycles. The largest absolute Gasteiger partial charge is 0.483 e. The van der Waals surface area contributed by atoms with E-state index in [0.29, 0.717) is 16.7 Å². The quantitative estimate of drug-likeness (QED) is 0.506. The lowest BCUT2D eigenvalue weighted by Crippen LogP contribution is -2.28. The fourth-order valence-corrected chi connectivity index (χ4v) is 3.32. The Hall–Kier alpha value is -4.24. The summed E-state index contributed by atoms with van der Waals surface area (Å²) in [6, 6.07) is 11.1. The highest BCUT2D eigenvalue weighted by Gasteiger charge is 2.17. The third-order valence-electron chi connectivity index (χ3n) is 3.63. The number of nitriles is 1. The predicted octanol–water partition coefficient (Wildman–Crippen LogP) is 0.625. The topological polar surface area (TPSA) is 175 Å². The van der Waals surface area contributed by atoms with Gasteiger partial charge in [0.2, 0.25) is 5.91 Å². The van der Waals surface area contributed by atoms with Gasteiger partial charge >= 0.3 is 0 Å². The second-order valence-corrected chi connectivity index (χ2v) is 7.32. The van der Waals surface area contributed by atoms with Crippen molar-refractivity contribution in [2.45, 2.75) is 11.8 Å². The molecule has 0 saturated carbocycles. The van der Waals surface area contributed by atoms with Crippen LogP contribution in [0.2, 0.25) is 0 Å². The first-order valence-electron chi connectivity index (χ1n) is 8.12. The highest BCUT2D eigenvalue weighted by Crippen LogP contribution is 2.16. The number of rotatable bonds is 4. The zero-order valence-electron chi connectivity index (χ0n) is 15.4. The van der Waals surface area contributed by atoms with Gasteiger partial charge in [0.15, 0.2) is 5.82 Å². The van der Waals surface area contributed by atoms with Crippen LogP contribution >= 0.6 is 0 Å². The van der Waals surface area contributed by atoms with Crippen molar-refractivity contribution < 1.29 is 23.1 Å². The molecular formula is C18H15N5O6S. The van der Waals surface area contributed by atoms with E-state index in [1.54, 1.807) is 24.3 Å². The van der Waals surface area contributed by atoms with Gasteiger partial charge in [-0.3, -0.25) is 19.5 Å². The highest BCUT2D eigenvalue weighted by atomic mass is 32.2. The summed E-state index contributed by atoms with van der Waals surface area (Å²) in [6.45, 7) is 0.836. The van der Waals surface area contributed by atoms with E-state index in [4.69, 9.17) is 15.2 Å². The Bertz CT molecular complexity index is 1250. The van der Waals surface area contributed by atoms with Crippen molar-refractivity contribution in [2.24, 2.45) is 0 Å². The van der Waals surface area contributed by atoms with E-state index in [2.05, 4.69) is 10.1 Å². The van der Waals surface area contributed by atoms with Crippen LogP contribution in [0, 0.1) is 11.3 Å². The molecule has 0 aliphatic heterocycles. The molecule has 0 atom stereocenters. The average molecular weight is 429 g/mol. The minimum absolute atomic E-state index is 0.182. The minimum Gasteiger partial charge on any atom is -0.483 e. The third kappa shape index (κ3) is 4.97. The number of nitrogens with one attached hydrogen (secondary N) is 2. The normalized spacial score (nSPS) is 10.3. The summed E-state index contributed by atoms with van der Waals surface area (Å²) < 4.78 is 26.8. The number of nitrogens with zero attached hydrogens (tertiary/aromatic N) is 3. The molecule has 0 unspecified atom stereocenters. The van der Waals surface area contributed by atoms with Gasteiger partial charge in [-0.1, -0.05) is 12.1 Å². The lowest BCUT2D eigenvalue weighted by molar-refractivity contribution is -0.123. The van der Waals surface area contributed by atoms with Gasteiger partial charge in [-0.2, -0.15) is 5.26 Å². The van der Waals surface area contributed by atoms with Crippen molar-refractivity contribution in [2.75, 3.05) is 0 Å². The molecule has 11 nitrogen and oxygen atoms in total. The number of hydrogen-bond acceptors (Lipinski definition) is 7. The van der Waals surface area contributed by atoms with Crippen LogP contribution in [0.5, 0.6) is 0 Å². The molecule has 2 aromatic heterocycles. The number of H-pyrrole nitrogens is 1. The average Bonchev–Trinajstić information content (AvgIpc) is 3.09. The van der Waals surface area contributed by atoms with Gasteiger partial charge in [-0.15, -0.1) is 0 Å². The smallest absolute Gasteiger partial charge is 0.290 e. The van der Waals surface area contributed by atoms with E-state index < -0.39 is 15.9 Å². The van der Waals surface area contributed by atoms with E-state index in [-0.39, 0.29) is 22.7 Å². The molecule has 3 rings (SSSR count). The Morgan fingerprint density at radius 1 is 1.27 bits per heavy atom. The molecule has 0 radical (unpaired) electrons. The lowest BCUT2D eigenvalue weighted by atomic mass is 10.1. The molecule has 0 aliphatic carbocycles. The van der Waals surface area contributed by atoms with Crippen LogP contribution in [-0.4, -0.2) is 40.7 Å². The number of sulfonamides is 1. The van der Waals surface area contributed by atoms with Crippen LogP contribution in [0.15, 0.2) is 58.5 Å². The number of carbonyl (C=O) groups excluding carboxylic acids is 1. The number of aromatic amines is 1. The number of pyridine rings is 1. The maximum atomic E-state index is 12.6. The first-order chi connectivity index (χ1) is 14.2. The molecule has 0 spiro atoms. The molecule has 3 N–H and O–H groups in total. The summed E-state index contributed by atoms with van der Waals surface area (Å²) in [6.07, 6.45) is 2.54. The van der Waals surface area contributed by atoms with Gasteiger partial charge in [0, 0.05) is 19.3 Å². The molecule has 0 fully saturated rings. The molecular weight excluding hydrogens is 414 g/mol. The summed E-state index contributed by atoms with van der Waals surface area (Å²) >= 11 is 0. The number of carbonyl (C=O) groups is 2. The fraction of sp³-hybridized carbons (Fsp3) is 0.0556.